The molecule has 1 heterocycles. The Labute approximate surface area is 106 Å². The highest BCUT2D eigenvalue weighted by Crippen LogP contribution is 2.29. The second-order valence-corrected chi connectivity index (χ2v) is 6.83. The number of nitrogens with one attached hydrogen (secondary N) is 1. The summed E-state index contributed by atoms with van der Waals surface area (Å²) < 4.78 is 5.41. The van der Waals surface area contributed by atoms with Gasteiger partial charge in [0, 0.05) is 19.3 Å². The summed E-state index contributed by atoms with van der Waals surface area (Å²) >= 11 is 0. The van der Waals surface area contributed by atoms with E-state index in [0.717, 1.165) is 32.0 Å². The molecule has 0 aliphatic carbocycles. The first-order valence-electron chi connectivity index (χ1n) is 6.96. The van der Waals surface area contributed by atoms with Crippen LogP contribution >= 0.6 is 0 Å². The molecule has 0 aromatic carbocycles. The Morgan fingerprint density at radius 2 is 1.88 bits per heavy atom. The van der Waals surface area contributed by atoms with Gasteiger partial charge in [-0.15, -0.1) is 0 Å². The van der Waals surface area contributed by atoms with Crippen molar-refractivity contribution >= 4 is 0 Å². The summed E-state index contributed by atoms with van der Waals surface area (Å²) in [7, 11) is 0. The highest BCUT2D eigenvalue weighted by atomic mass is 16.5. The van der Waals surface area contributed by atoms with Crippen LogP contribution in [0.25, 0.3) is 0 Å². The van der Waals surface area contributed by atoms with E-state index < -0.39 is 0 Å². The number of nitrogens with two attached hydrogens (primary N) is 1. The first-order chi connectivity index (χ1) is 7.92. The number of hydrogen-bond acceptors (Lipinski definition) is 3. The summed E-state index contributed by atoms with van der Waals surface area (Å²) in [5.74, 6) is 7.14. The van der Waals surface area contributed by atoms with Gasteiger partial charge in [0.2, 0.25) is 0 Å². The molecule has 3 N–H and O–H groups in total. The molecule has 1 aliphatic rings. The van der Waals surface area contributed by atoms with Crippen molar-refractivity contribution in [2.45, 2.75) is 59.4 Å². The van der Waals surface area contributed by atoms with Crippen LogP contribution < -0.4 is 11.3 Å². The SMILES string of the molecule is CC(CC(NN)C1CCOCC1)CC(C)(C)C. The highest BCUT2D eigenvalue weighted by molar-refractivity contribution is 4.80. The molecule has 102 valence electrons. The maximum Gasteiger partial charge on any atom is 0.0469 e. The minimum absolute atomic E-state index is 0.411. The lowest BCUT2D eigenvalue weighted by Crippen LogP contribution is -2.44. The summed E-state index contributed by atoms with van der Waals surface area (Å²) in [4.78, 5) is 0. The van der Waals surface area contributed by atoms with Crippen LogP contribution in [0.2, 0.25) is 0 Å². The maximum atomic E-state index is 5.72. The fraction of sp³-hybridized carbons (Fsp3) is 1.00. The largest absolute Gasteiger partial charge is 0.381 e. The average Bonchev–Trinajstić information content (AvgIpc) is 2.24. The lowest BCUT2D eigenvalue weighted by molar-refractivity contribution is 0.0494. The number of rotatable bonds is 5. The van der Waals surface area contributed by atoms with Crippen LogP contribution in [0.15, 0.2) is 0 Å². The van der Waals surface area contributed by atoms with E-state index in [-0.39, 0.29) is 0 Å². The first-order valence-corrected chi connectivity index (χ1v) is 6.96. The molecule has 0 radical (unpaired) electrons. The minimum atomic E-state index is 0.411. The Bertz CT molecular complexity index is 207. The predicted molar refractivity (Wildman–Crippen MR) is 72.5 cm³/mol. The van der Waals surface area contributed by atoms with Crippen molar-refractivity contribution in [2.75, 3.05) is 13.2 Å². The van der Waals surface area contributed by atoms with Crippen molar-refractivity contribution in [1.82, 2.24) is 5.43 Å². The molecule has 0 spiro atoms. The lowest BCUT2D eigenvalue weighted by Gasteiger charge is -2.33. The highest BCUT2D eigenvalue weighted by Gasteiger charge is 2.26. The second kappa shape index (κ2) is 6.72. The van der Waals surface area contributed by atoms with Crippen molar-refractivity contribution in [3.8, 4) is 0 Å². The second-order valence-electron chi connectivity index (χ2n) is 6.83. The average molecular weight is 242 g/mol. The fourth-order valence-corrected chi connectivity index (χ4v) is 3.08. The van der Waals surface area contributed by atoms with Gasteiger partial charge in [-0.3, -0.25) is 11.3 Å². The Hall–Kier alpha value is -0.120. The minimum Gasteiger partial charge on any atom is -0.381 e. The molecule has 0 bridgehead atoms. The Morgan fingerprint density at radius 3 is 2.35 bits per heavy atom. The summed E-state index contributed by atoms with van der Waals surface area (Å²) in [6.45, 7) is 11.1. The molecule has 0 saturated carbocycles. The van der Waals surface area contributed by atoms with E-state index in [1.165, 1.54) is 12.8 Å². The van der Waals surface area contributed by atoms with Gasteiger partial charge in [0.25, 0.3) is 0 Å². The molecule has 2 atom stereocenters. The molecular formula is C14H30N2O. The van der Waals surface area contributed by atoms with Gasteiger partial charge in [-0.1, -0.05) is 27.7 Å². The lowest BCUT2D eigenvalue weighted by atomic mass is 9.80. The van der Waals surface area contributed by atoms with E-state index >= 15 is 0 Å². The molecule has 1 saturated heterocycles. The normalized spacial score (nSPS) is 22.4. The van der Waals surface area contributed by atoms with Gasteiger partial charge < -0.3 is 4.74 Å². The van der Waals surface area contributed by atoms with Crippen LogP contribution in [-0.2, 0) is 4.74 Å². The molecule has 0 amide bonds. The molecule has 1 fully saturated rings. The van der Waals surface area contributed by atoms with Crippen molar-refractivity contribution in [1.29, 1.82) is 0 Å². The van der Waals surface area contributed by atoms with E-state index in [0.29, 0.717) is 17.4 Å². The van der Waals surface area contributed by atoms with E-state index in [1.807, 2.05) is 0 Å². The molecule has 17 heavy (non-hydrogen) atoms. The zero-order chi connectivity index (χ0) is 12.9. The smallest absolute Gasteiger partial charge is 0.0469 e. The molecule has 1 aliphatic heterocycles. The zero-order valence-electron chi connectivity index (χ0n) is 12.0. The topological polar surface area (TPSA) is 47.3 Å². The molecule has 0 aromatic heterocycles. The van der Waals surface area contributed by atoms with Gasteiger partial charge in [0.1, 0.15) is 0 Å². The summed E-state index contributed by atoms with van der Waals surface area (Å²) in [5, 5.41) is 0. The summed E-state index contributed by atoms with van der Waals surface area (Å²) in [5.41, 5.74) is 3.44. The van der Waals surface area contributed by atoms with Crippen molar-refractivity contribution < 1.29 is 4.74 Å². The van der Waals surface area contributed by atoms with Gasteiger partial charge in [-0.05, 0) is 42.9 Å². The molecule has 0 aromatic rings. The third kappa shape index (κ3) is 5.84. The Kier molecular flexibility index (Phi) is 5.90. The predicted octanol–water partition coefficient (Wildman–Crippen LogP) is 2.71. The molecule has 1 rings (SSSR count). The van der Waals surface area contributed by atoms with E-state index in [4.69, 9.17) is 10.6 Å². The van der Waals surface area contributed by atoms with Gasteiger partial charge in [0.15, 0.2) is 0 Å². The Morgan fingerprint density at radius 1 is 1.29 bits per heavy atom. The van der Waals surface area contributed by atoms with Gasteiger partial charge in [0.05, 0.1) is 0 Å². The molecule has 3 heteroatoms. The summed E-state index contributed by atoms with van der Waals surface area (Å²) in [6, 6.07) is 0.455. The van der Waals surface area contributed by atoms with Crippen molar-refractivity contribution in [3.05, 3.63) is 0 Å². The molecule has 3 nitrogen and oxygen atoms in total. The third-order valence-corrected chi connectivity index (χ3v) is 3.67. The van der Waals surface area contributed by atoms with Crippen LogP contribution in [-0.4, -0.2) is 19.3 Å². The van der Waals surface area contributed by atoms with Crippen LogP contribution in [0.5, 0.6) is 0 Å². The van der Waals surface area contributed by atoms with Crippen LogP contribution in [0, 0.1) is 17.3 Å². The quantitative estimate of drug-likeness (QED) is 0.575. The molecular weight excluding hydrogens is 212 g/mol. The van der Waals surface area contributed by atoms with Crippen LogP contribution in [0.3, 0.4) is 0 Å². The van der Waals surface area contributed by atoms with Crippen LogP contribution in [0.4, 0.5) is 0 Å². The fourth-order valence-electron chi connectivity index (χ4n) is 3.08. The van der Waals surface area contributed by atoms with Crippen molar-refractivity contribution in [3.63, 3.8) is 0 Å². The monoisotopic (exact) mass is 242 g/mol. The van der Waals surface area contributed by atoms with Gasteiger partial charge in [-0.25, -0.2) is 0 Å². The zero-order valence-corrected chi connectivity index (χ0v) is 12.0. The van der Waals surface area contributed by atoms with Gasteiger partial charge in [-0.2, -0.15) is 0 Å². The number of hydrazine groups is 1. The standard InChI is InChI=1S/C14H30N2O/c1-11(10-14(2,3)4)9-13(16-15)12-5-7-17-8-6-12/h11-13,16H,5-10,15H2,1-4H3. The van der Waals surface area contributed by atoms with E-state index in [2.05, 4.69) is 33.1 Å². The number of hydrogen-bond donors (Lipinski definition) is 2. The first kappa shape index (κ1) is 14.9. The van der Waals surface area contributed by atoms with E-state index in [9.17, 15) is 0 Å². The molecule has 2 unspecified atom stereocenters. The van der Waals surface area contributed by atoms with E-state index in [1.54, 1.807) is 0 Å². The maximum absolute atomic E-state index is 5.72. The summed E-state index contributed by atoms with van der Waals surface area (Å²) in [6.07, 6.45) is 4.74. The van der Waals surface area contributed by atoms with Crippen molar-refractivity contribution in [2.24, 2.45) is 23.1 Å². The Balaban J connectivity index is 2.39. The third-order valence-electron chi connectivity index (χ3n) is 3.67. The number of ether oxygens (including phenoxy) is 1. The van der Waals surface area contributed by atoms with Gasteiger partial charge >= 0.3 is 0 Å². The van der Waals surface area contributed by atoms with Crippen LogP contribution in [0.1, 0.15) is 53.4 Å².